The van der Waals surface area contributed by atoms with Gasteiger partial charge in [0.05, 0.1) is 0 Å². The highest BCUT2D eigenvalue weighted by molar-refractivity contribution is 5.63. The van der Waals surface area contributed by atoms with Crippen LogP contribution >= 0.6 is 0 Å². The van der Waals surface area contributed by atoms with Crippen LogP contribution in [0.5, 0.6) is 0 Å². The van der Waals surface area contributed by atoms with E-state index < -0.39 is 0 Å². The molecule has 0 amide bonds. The smallest absolute Gasteiger partial charge is 0.0346 e. The van der Waals surface area contributed by atoms with Gasteiger partial charge in [-0.3, -0.25) is 4.98 Å². The molecular formula is C14H11N. The van der Waals surface area contributed by atoms with E-state index in [-0.39, 0.29) is 0 Å². The third-order valence-electron chi connectivity index (χ3n) is 2.15. The predicted molar refractivity (Wildman–Crippen MR) is 62.2 cm³/mol. The Morgan fingerprint density at radius 3 is 2.40 bits per heavy atom. The van der Waals surface area contributed by atoms with Gasteiger partial charge in [0.15, 0.2) is 0 Å². The fourth-order valence-corrected chi connectivity index (χ4v) is 1.42. The number of hydrogen-bond donors (Lipinski definition) is 0. The third-order valence-corrected chi connectivity index (χ3v) is 2.15. The molecule has 0 saturated heterocycles. The van der Waals surface area contributed by atoms with Crippen LogP contribution in [0, 0.1) is 11.8 Å². The molecule has 2 aromatic rings. The van der Waals surface area contributed by atoms with Crippen molar-refractivity contribution in [3.05, 3.63) is 54.4 Å². The van der Waals surface area contributed by atoms with Crippen LogP contribution in [-0.2, 0) is 0 Å². The van der Waals surface area contributed by atoms with Crippen LogP contribution < -0.4 is 0 Å². The van der Waals surface area contributed by atoms with Gasteiger partial charge in [-0.15, -0.1) is 5.92 Å². The molecule has 0 atom stereocenters. The Bertz CT molecular complexity index is 486. The molecule has 0 fully saturated rings. The van der Waals surface area contributed by atoms with Crippen molar-refractivity contribution in [1.29, 1.82) is 0 Å². The van der Waals surface area contributed by atoms with E-state index in [4.69, 9.17) is 0 Å². The summed E-state index contributed by atoms with van der Waals surface area (Å²) >= 11 is 0. The highest BCUT2D eigenvalue weighted by Crippen LogP contribution is 2.17. The summed E-state index contributed by atoms with van der Waals surface area (Å²) in [6, 6.07) is 12.2. The van der Waals surface area contributed by atoms with Crippen molar-refractivity contribution in [2.75, 3.05) is 0 Å². The van der Waals surface area contributed by atoms with Gasteiger partial charge < -0.3 is 0 Å². The third kappa shape index (κ3) is 2.24. The summed E-state index contributed by atoms with van der Waals surface area (Å²) in [6.45, 7) is 1.84. The molecule has 0 saturated carbocycles. The van der Waals surface area contributed by atoms with E-state index in [2.05, 4.69) is 29.0 Å². The van der Waals surface area contributed by atoms with Crippen molar-refractivity contribution in [1.82, 2.24) is 4.98 Å². The van der Waals surface area contributed by atoms with Crippen molar-refractivity contribution >= 4 is 0 Å². The van der Waals surface area contributed by atoms with E-state index in [1.807, 2.05) is 37.4 Å². The Hall–Kier alpha value is -2.07. The number of nitrogens with zero attached hydrogens (tertiary/aromatic N) is 1. The van der Waals surface area contributed by atoms with Gasteiger partial charge in [0.25, 0.3) is 0 Å². The molecule has 72 valence electrons. The highest BCUT2D eigenvalue weighted by atomic mass is 14.6. The molecule has 1 aromatic heterocycles. The average Bonchev–Trinajstić information content (AvgIpc) is 2.32. The highest BCUT2D eigenvalue weighted by Gasteiger charge is 1.95. The van der Waals surface area contributed by atoms with Gasteiger partial charge in [0.1, 0.15) is 0 Å². The first-order chi connectivity index (χ1) is 7.40. The number of aromatic nitrogens is 1. The fourth-order valence-electron chi connectivity index (χ4n) is 1.42. The molecule has 0 unspecified atom stereocenters. The maximum atomic E-state index is 4.09. The maximum Gasteiger partial charge on any atom is 0.0346 e. The molecule has 0 bridgehead atoms. The van der Waals surface area contributed by atoms with E-state index in [0.29, 0.717) is 0 Å². The summed E-state index contributed by atoms with van der Waals surface area (Å²) in [6.07, 6.45) is 3.64. The second-order valence-electron chi connectivity index (χ2n) is 3.19. The van der Waals surface area contributed by atoms with Crippen molar-refractivity contribution in [2.45, 2.75) is 6.92 Å². The number of benzene rings is 1. The van der Waals surface area contributed by atoms with Crippen molar-refractivity contribution in [3.8, 4) is 23.0 Å². The van der Waals surface area contributed by atoms with Crippen LogP contribution in [0.2, 0.25) is 0 Å². The number of rotatable bonds is 1. The lowest BCUT2D eigenvalue weighted by Crippen LogP contribution is -1.79. The average molecular weight is 193 g/mol. The van der Waals surface area contributed by atoms with Gasteiger partial charge in [0, 0.05) is 18.0 Å². The standard InChI is InChI=1S/C14H11N/c1-2-4-12-6-8-13(9-7-12)14-5-3-10-15-11-14/h3,5-11H,1H3. The van der Waals surface area contributed by atoms with Crippen LogP contribution in [0.15, 0.2) is 48.8 Å². The molecule has 1 heterocycles. The van der Waals surface area contributed by atoms with E-state index in [9.17, 15) is 0 Å². The van der Waals surface area contributed by atoms with Gasteiger partial charge in [0.2, 0.25) is 0 Å². The van der Waals surface area contributed by atoms with E-state index in [0.717, 1.165) is 11.1 Å². The van der Waals surface area contributed by atoms with Crippen LogP contribution in [0.25, 0.3) is 11.1 Å². The van der Waals surface area contributed by atoms with Gasteiger partial charge in [-0.1, -0.05) is 24.1 Å². The van der Waals surface area contributed by atoms with Gasteiger partial charge in [-0.25, -0.2) is 0 Å². The lowest BCUT2D eigenvalue weighted by atomic mass is 10.1. The van der Waals surface area contributed by atoms with Crippen molar-refractivity contribution in [3.63, 3.8) is 0 Å². The Kier molecular flexibility index (Phi) is 2.80. The second-order valence-corrected chi connectivity index (χ2v) is 3.19. The van der Waals surface area contributed by atoms with Crippen molar-refractivity contribution in [2.24, 2.45) is 0 Å². The summed E-state index contributed by atoms with van der Waals surface area (Å²) in [5.41, 5.74) is 3.35. The Balaban J connectivity index is 2.35. The summed E-state index contributed by atoms with van der Waals surface area (Å²) < 4.78 is 0. The minimum Gasteiger partial charge on any atom is -0.264 e. The van der Waals surface area contributed by atoms with Crippen LogP contribution in [0.1, 0.15) is 12.5 Å². The molecular weight excluding hydrogens is 182 g/mol. The van der Waals surface area contributed by atoms with Gasteiger partial charge in [-0.05, 0) is 36.2 Å². The minimum atomic E-state index is 1.05. The molecule has 0 spiro atoms. The maximum absolute atomic E-state index is 4.09. The first kappa shape index (κ1) is 9.48. The lowest BCUT2D eigenvalue weighted by Gasteiger charge is -2.00. The number of hydrogen-bond acceptors (Lipinski definition) is 1. The van der Waals surface area contributed by atoms with E-state index >= 15 is 0 Å². The monoisotopic (exact) mass is 193 g/mol. The first-order valence-electron chi connectivity index (χ1n) is 4.83. The molecule has 1 nitrogen and oxygen atoms in total. The molecule has 0 radical (unpaired) electrons. The zero-order valence-corrected chi connectivity index (χ0v) is 8.57. The van der Waals surface area contributed by atoms with Gasteiger partial charge in [-0.2, -0.15) is 0 Å². The van der Waals surface area contributed by atoms with E-state index in [1.165, 1.54) is 5.56 Å². The normalized spacial score (nSPS) is 9.13. The summed E-state index contributed by atoms with van der Waals surface area (Å²) in [7, 11) is 0. The molecule has 0 aliphatic heterocycles. The Labute approximate surface area is 89.8 Å². The van der Waals surface area contributed by atoms with Gasteiger partial charge >= 0.3 is 0 Å². The van der Waals surface area contributed by atoms with Crippen molar-refractivity contribution < 1.29 is 0 Å². The molecule has 1 aromatic carbocycles. The lowest BCUT2D eigenvalue weighted by molar-refractivity contribution is 1.33. The predicted octanol–water partition coefficient (Wildman–Crippen LogP) is 3.12. The van der Waals surface area contributed by atoms with E-state index in [1.54, 1.807) is 6.20 Å². The molecule has 1 heteroatoms. The zero-order chi connectivity index (χ0) is 10.5. The summed E-state index contributed by atoms with van der Waals surface area (Å²) in [5.74, 6) is 5.90. The van der Waals surface area contributed by atoms with Crippen LogP contribution in [-0.4, -0.2) is 4.98 Å². The Morgan fingerprint density at radius 2 is 1.80 bits per heavy atom. The minimum absolute atomic E-state index is 1.05. The number of pyridine rings is 1. The molecule has 2 rings (SSSR count). The quantitative estimate of drug-likeness (QED) is 0.634. The van der Waals surface area contributed by atoms with Crippen LogP contribution in [0.4, 0.5) is 0 Å². The molecule has 15 heavy (non-hydrogen) atoms. The molecule has 0 aliphatic rings. The largest absolute Gasteiger partial charge is 0.264 e. The summed E-state index contributed by atoms with van der Waals surface area (Å²) in [4.78, 5) is 4.09. The summed E-state index contributed by atoms with van der Waals surface area (Å²) in [5, 5.41) is 0. The fraction of sp³-hybridized carbons (Fsp3) is 0.0714. The first-order valence-corrected chi connectivity index (χ1v) is 4.83. The molecule has 0 aliphatic carbocycles. The van der Waals surface area contributed by atoms with Crippen LogP contribution in [0.3, 0.4) is 0 Å². The topological polar surface area (TPSA) is 12.9 Å². The molecule has 0 N–H and O–H groups in total. The second kappa shape index (κ2) is 4.43. The SMILES string of the molecule is CC#Cc1ccc(-c2cccnc2)cc1. The Morgan fingerprint density at radius 1 is 1.00 bits per heavy atom. The zero-order valence-electron chi connectivity index (χ0n) is 8.57.